The molecule has 0 spiro atoms. The van der Waals surface area contributed by atoms with Gasteiger partial charge in [-0.25, -0.2) is 0 Å². The van der Waals surface area contributed by atoms with E-state index in [1.165, 1.54) is 32.1 Å². The SMILES string of the molecule is CCCCC(CCC)COCCO. The molecule has 0 bridgehead atoms. The molecule has 0 radical (unpaired) electrons. The van der Waals surface area contributed by atoms with Crippen molar-refractivity contribution in [3.63, 3.8) is 0 Å². The first-order chi connectivity index (χ1) is 6.35. The van der Waals surface area contributed by atoms with Crippen molar-refractivity contribution in [3.8, 4) is 0 Å². The first kappa shape index (κ1) is 12.9. The zero-order chi connectivity index (χ0) is 9.94. The molecular weight excluding hydrogens is 164 g/mol. The Morgan fingerprint density at radius 3 is 2.46 bits per heavy atom. The molecule has 0 aliphatic heterocycles. The van der Waals surface area contributed by atoms with Crippen LogP contribution in [0.4, 0.5) is 0 Å². The molecule has 0 fully saturated rings. The van der Waals surface area contributed by atoms with Crippen LogP contribution in [0.2, 0.25) is 0 Å². The van der Waals surface area contributed by atoms with E-state index in [4.69, 9.17) is 9.84 Å². The molecule has 1 atom stereocenters. The van der Waals surface area contributed by atoms with Gasteiger partial charge in [-0.15, -0.1) is 0 Å². The van der Waals surface area contributed by atoms with Crippen molar-refractivity contribution in [2.24, 2.45) is 5.92 Å². The predicted molar refractivity (Wildman–Crippen MR) is 55.8 cm³/mol. The molecular formula is C11H24O2. The zero-order valence-corrected chi connectivity index (χ0v) is 9.09. The lowest BCUT2D eigenvalue weighted by atomic mass is 9.98. The van der Waals surface area contributed by atoms with E-state index in [0.29, 0.717) is 12.5 Å². The number of hydrogen-bond donors (Lipinski definition) is 1. The summed E-state index contributed by atoms with van der Waals surface area (Å²) in [6, 6.07) is 0. The van der Waals surface area contributed by atoms with Crippen LogP contribution in [0.1, 0.15) is 46.0 Å². The number of aliphatic hydroxyl groups is 1. The minimum absolute atomic E-state index is 0.145. The fourth-order valence-electron chi connectivity index (χ4n) is 1.53. The molecule has 0 aromatic carbocycles. The minimum atomic E-state index is 0.145. The fraction of sp³-hybridized carbons (Fsp3) is 1.00. The molecule has 13 heavy (non-hydrogen) atoms. The van der Waals surface area contributed by atoms with Crippen LogP contribution < -0.4 is 0 Å². The van der Waals surface area contributed by atoms with Crippen molar-refractivity contribution >= 4 is 0 Å². The first-order valence-corrected chi connectivity index (χ1v) is 5.53. The maximum Gasteiger partial charge on any atom is 0.0697 e. The second-order valence-corrected chi connectivity index (χ2v) is 3.60. The quantitative estimate of drug-likeness (QED) is 0.564. The molecule has 1 unspecified atom stereocenters. The largest absolute Gasteiger partial charge is 0.394 e. The summed E-state index contributed by atoms with van der Waals surface area (Å²) in [5.41, 5.74) is 0. The van der Waals surface area contributed by atoms with Crippen molar-refractivity contribution in [1.29, 1.82) is 0 Å². The summed E-state index contributed by atoms with van der Waals surface area (Å²) in [5.74, 6) is 0.705. The average molecular weight is 188 g/mol. The summed E-state index contributed by atoms with van der Waals surface area (Å²) in [6.45, 7) is 5.90. The van der Waals surface area contributed by atoms with Gasteiger partial charge in [0.25, 0.3) is 0 Å². The molecule has 0 rings (SSSR count). The third kappa shape index (κ3) is 8.26. The third-order valence-electron chi connectivity index (χ3n) is 2.25. The smallest absolute Gasteiger partial charge is 0.0697 e. The Labute approximate surface area is 82.3 Å². The lowest BCUT2D eigenvalue weighted by Gasteiger charge is -2.15. The highest BCUT2D eigenvalue weighted by Crippen LogP contribution is 2.14. The molecule has 0 saturated carbocycles. The van der Waals surface area contributed by atoms with Gasteiger partial charge in [0, 0.05) is 6.61 Å². The molecule has 0 aromatic heterocycles. The van der Waals surface area contributed by atoms with Crippen LogP contribution in [-0.2, 0) is 4.74 Å². The van der Waals surface area contributed by atoms with Crippen LogP contribution in [0.25, 0.3) is 0 Å². The van der Waals surface area contributed by atoms with Gasteiger partial charge in [-0.2, -0.15) is 0 Å². The molecule has 0 saturated heterocycles. The van der Waals surface area contributed by atoms with Gasteiger partial charge < -0.3 is 9.84 Å². The molecule has 0 amide bonds. The third-order valence-corrected chi connectivity index (χ3v) is 2.25. The Kier molecular flexibility index (Phi) is 9.94. The summed E-state index contributed by atoms with van der Waals surface area (Å²) in [4.78, 5) is 0. The van der Waals surface area contributed by atoms with Crippen LogP contribution >= 0.6 is 0 Å². The van der Waals surface area contributed by atoms with Gasteiger partial charge in [-0.1, -0.05) is 33.1 Å². The number of ether oxygens (including phenoxy) is 1. The van der Waals surface area contributed by atoms with Gasteiger partial charge in [0.15, 0.2) is 0 Å². The molecule has 2 nitrogen and oxygen atoms in total. The topological polar surface area (TPSA) is 29.5 Å². The normalized spacial score (nSPS) is 13.2. The zero-order valence-electron chi connectivity index (χ0n) is 9.09. The van der Waals surface area contributed by atoms with Crippen LogP contribution in [-0.4, -0.2) is 24.9 Å². The van der Waals surface area contributed by atoms with E-state index in [0.717, 1.165) is 6.61 Å². The van der Waals surface area contributed by atoms with Gasteiger partial charge in [-0.05, 0) is 18.8 Å². The van der Waals surface area contributed by atoms with E-state index in [-0.39, 0.29) is 6.61 Å². The van der Waals surface area contributed by atoms with Crippen LogP contribution in [0.15, 0.2) is 0 Å². The fourth-order valence-corrected chi connectivity index (χ4v) is 1.53. The second kappa shape index (κ2) is 10.0. The van der Waals surface area contributed by atoms with Crippen molar-refractivity contribution in [2.75, 3.05) is 19.8 Å². The van der Waals surface area contributed by atoms with Crippen molar-refractivity contribution in [3.05, 3.63) is 0 Å². The number of hydrogen-bond acceptors (Lipinski definition) is 2. The Hall–Kier alpha value is -0.0800. The lowest BCUT2D eigenvalue weighted by Crippen LogP contribution is -2.11. The molecule has 0 heterocycles. The Balaban J connectivity index is 3.41. The molecule has 0 aliphatic carbocycles. The summed E-state index contributed by atoms with van der Waals surface area (Å²) in [6.07, 6.45) is 6.32. The molecule has 80 valence electrons. The molecule has 2 heteroatoms. The van der Waals surface area contributed by atoms with E-state index >= 15 is 0 Å². The summed E-state index contributed by atoms with van der Waals surface area (Å²) >= 11 is 0. The maximum atomic E-state index is 8.56. The lowest BCUT2D eigenvalue weighted by molar-refractivity contribution is 0.0626. The number of aliphatic hydroxyl groups excluding tert-OH is 1. The highest BCUT2D eigenvalue weighted by Gasteiger charge is 2.06. The van der Waals surface area contributed by atoms with Crippen LogP contribution in [0.3, 0.4) is 0 Å². The highest BCUT2D eigenvalue weighted by atomic mass is 16.5. The summed E-state index contributed by atoms with van der Waals surface area (Å²) < 4.78 is 5.34. The van der Waals surface area contributed by atoms with Crippen molar-refractivity contribution in [1.82, 2.24) is 0 Å². The second-order valence-electron chi connectivity index (χ2n) is 3.60. The Morgan fingerprint density at radius 2 is 1.92 bits per heavy atom. The maximum absolute atomic E-state index is 8.56. The molecule has 0 aliphatic rings. The molecule has 1 N–H and O–H groups in total. The summed E-state index contributed by atoms with van der Waals surface area (Å²) in [5, 5.41) is 8.56. The van der Waals surface area contributed by atoms with E-state index in [1.54, 1.807) is 0 Å². The van der Waals surface area contributed by atoms with Gasteiger partial charge in [0.2, 0.25) is 0 Å². The predicted octanol–water partition coefficient (Wildman–Crippen LogP) is 2.60. The Bertz CT molecular complexity index is 94.1. The van der Waals surface area contributed by atoms with Gasteiger partial charge in [0.05, 0.1) is 13.2 Å². The van der Waals surface area contributed by atoms with E-state index in [1.807, 2.05) is 0 Å². The van der Waals surface area contributed by atoms with Gasteiger partial charge in [0.1, 0.15) is 0 Å². The van der Waals surface area contributed by atoms with E-state index in [2.05, 4.69) is 13.8 Å². The first-order valence-electron chi connectivity index (χ1n) is 5.53. The van der Waals surface area contributed by atoms with Crippen LogP contribution in [0.5, 0.6) is 0 Å². The average Bonchev–Trinajstić information content (AvgIpc) is 2.14. The standard InChI is InChI=1S/C11H24O2/c1-3-5-7-11(6-4-2)10-13-9-8-12/h11-12H,3-10H2,1-2H3. The molecule has 0 aromatic rings. The monoisotopic (exact) mass is 188 g/mol. The van der Waals surface area contributed by atoms with Crippen molar-refractivity contribution < 1.29 is 9.84 Å². The van der Waals surface area contributed by atoms with Crippen molar-refractivity contribution in [2.45, 2.75) is 46.0 Å². The van der Waals surface area contributed by atoms with E-state index < -0.39 is 0 Å². The van der Waals surface area contributed by atoms with E-state index in [9.17, 15) is 0 Å². The van der Waals surface area contributed by atoms with Gasteiger partial charge >= 0.3 is 0 Å². The number of unbranched alkanes of at least 4 members (excludes halogenated alkanes) is 1. The van der Waals surface area contributed by atoms with Gasteiger partial charge in [-0.3, -0.25) is 0 Å². The Morgan fingerprint density at radius 1 is 1.15 bits per heavy atom. The summed E-state index contributed by atoms with van der Waals surface area (Å²) in [7, 11) is 0. The highest BCUT2D eigenvalue weighted by molar-refractivity contribution is 4.57. The van der Waals surface area contributed by atoms with Crippen LogP contribution in [0, 0.1) is 5.92 Å². The minimum Gasteiger partial charge on any atom is -0.394 e. The number of rotatable bonds is 9.